The molecular formula is C63H51B3N4. The van der Waals surface area contributed by atoms with Gasteiger partial charge in [0, 0.05) is 68.2 Å². The van der Waals surface area contributed by atoms with Crippen LogP contribution in [0.4, 0.5) is 68.2 Å². The Morgan fingerprint density at radius 3 is 0.800 bits per heavy atom. The van der Waals surface area contributed by atoms with Crippen LogP contribution in [0.15, 0.2) is 182 Å². The maximum Gasteiger partial charge on any atom is 0.252 e. The zero-order valence-corrected chi connectivity index (χ0v) is 40.6. The van der Waals surface area contributed by atoms with Crippen molar-refractivity contribution in [1.29, 1.82) is 0 Å². The Hall–Kier alpha value is -7.63. The molecule has 0 atom stereocenters. The van der Waals surface area contributed by atoms with Crippen LogP contribution in [0.5, 0.6) is 0 Å². The van der Waals surface area contributed by atoms with Gasteiger partial charge in [-0.2, -0.15) is 0 Å². The lowest BCUT2D eigenvalue weighted by Crippen LogP contribution is -2.74. The van der Waals surface area contributed by atoms with Crippen LogP contribution in [0.2, 0.25) is 0 Å². The summed E-state index contributed by atoms with van der Waals surface area (Å²) >= 11 is 0. The van der Waals surface area contributed by atoms with E-state index in [0.29, 0.717) is 0 Å². The van der Waals surface area contributed by atoms with E-state index in [-0.39, 0.29) is 37.9 Å². The zero-order valence-electron chi connectivity index (χ0n) is 40.6. The van der Waals surface area contributed by atoms with E-state index in [4.69, 9.17) is 0 Å². The van der Waals surface area contributed by atoms with Crippen LogP contribution in [-0.4, -0.2) is 20.1 Å². The lowest BCUT2D eigenvalue weighted by molar-refractivity contribution is 0.864. The molecular weight excluding hydrogens is 845 g/mol. The predicted molar refractivity (Wildman–Crippen MR) is 301 cm³/mol. The second-order valence-electron chi connectivity index (χ2n) is 21.3. The van der Waals surface area contributed by atoms with Crippen molar-refractivity contribution in [2.45, 2.75) is 59.3 Å². The molecule has 0 spiro atoms. The highest BCUT2D eigenvalue weighted by Gasteiger charge is 2.57. The maximum atomic E-state index is 2.85. The van der Waals surface area contributed by atoms with Crippen molar-refractivity contribution in [3.8, 4) is 0 Å². The summed E-state index contributed by atoms with van der Waals surface area (Å²) in [7, 11) is 0. The molecule has 0 aromatic heterocycles. The summed E-state index contributed by atoms with van der Waals surface area (Å²) in [5.74, 6) is 0.763. The summed E-state index contributed by atoms with van der Waals surface area (Å²) in [6.07, 6.45) is 0. The molecule has 0 saturated heterocycles. The maximum absolute atomic E-state index is 2.85. The highest BCUT2D eigenvalue weighted by Crippen LogP contribution is 2.54. The average Bonchev–Trinajstić information content (AvgIpc) is 3.40. The molecule has 70 heavy (non-hydrogen) atoms. The van der Waals surface area contributed by atoms with Crippen LogP contribution >= 0.6 is 0 Å². The third-order valence-electron chi connectivity index (χ3n) is 16.6. The molecule has 6 aliphatic rings. The van der Waals surface area contributed by atoms with Crippen molar-refractivity contribution in [3.63, 3.8) is 0 Å². The van der Waals surface area contributed by atoms with E-state index in [1.807, 2.05) is 0 Å². The number of rotatable bonds is 6. The molecule has 4 nitrogen and oxygen atoms in total. The van der Waals surface area contributed by atoms with E-state index in [1.165, 1.54) is 134 Å². The summed E-state index contributed by atoms with van der Waals surface area (Å²) in [6.45, 7) is 14.5. The summed E-state index contributed by atoms with van der Waals surface area (Å²) in [6, 6.07) is 69.6. The first kappa shape index (κ1) is 40.3. The fourth-order valence-electron chi connectivity index (χ4n) is 14.0. The molecule has 0 amide bonds. The molecule has 6 heterocycles. The van der Waals surface area contributed by atoms with Crippen molar-refractivity contribution >= 4 is 138 Å². The van der Waals surface area contributed by atoms with Crippen LogP contribution in [0.25, 0.3) is 0 Å². The van der Waals surface area contributed by atoms with Crippen molar-refractivity contribution in [2.24, 2.45) is 0 Å². The van der Waals surface area contributed by atoms with Crippen molar-refractivity contribution in [1.82, 2.24) is 0 Å². The van der Waals surface area contributed by atoms with Crippen LogP contribution in [0.3, 0.4) is 0 Å². The first-order valence-electron chi connectivity index (χ1n) is 25.6. The zero-order chi connectivity index (χ0) is 46.8. The van der Waals surface area contributed by atoms with Gasteiger partial charge in [-0.15, -0.1) is 0 Å². The Morgan fingerprint density at radius 1 is 0.271 bits per heavy atom. The summed E-state index contributed by atoms with van der Waals surface area (Å²) in [5, 5.41) is 0. The number of para-hydroxylation sites is 6. The minimum Gasteiger partial charge on any atom is -0.313 e. The molecule has 0 bridgehead atoms. The van der Waals surface area contributed by atoms with Gasteiger partial charge in [0.2, 0.25) is 0 Å². The van der Waals surface area contributed by atoms with Crippen molar-refractivity contribution in [3.05, 3.63) is 199 Å². The molecule has 9 aromatic rings. The topological polar surface area (TPSA) is 13.0 Å². The van der Waals surface area contributed by atoms with E-state index in [0.717, 1.165) is 0 Å². The molecule has 0 N–H and O–H groups in total. The minimum atomic E-state index is 0.00724. The lowest BCUT2D eigenvalue weighted by Gasteiger charge is -2.56. The van der Waals surface area contributed by atoms with Gasteiger partial charge in [-0.3, -0.25) is 0 Å². The molecule has 7 heteroatoms. The fourth-order valence-corrected chi connectivity index (χ4v) is 14.0. The fraction of sp³-hybridized carbons (Fsp3) is 0.143. The van der Waals surface area contributed by atoms with Gasteiger partial charge >= 0.3 is 0 Å². The molecule has 332 valence electrons. The third kappa shape index (κ3) is 5.05. The Labute approximate surface area is 413 Å². The Kier molecular flexibility index (Phi) is 8.32. The van der Waals surface area contributed by atoms with Crippen LogP contribution < -0.4 is 68.8 Å². The van der Waals surface area contributed by atoms with Crippen LogP contribution in [-0.2, 0) is 0 Å². The molecule has 0 unspecified atom stereocenters. The standard InChI is InChI=1S/C63H51B3N4/c1-37(2)43-34-49-61-55-58(43)67(40-22-10-7-11-23-40)52-31-19-16-28-46(52)65(55)50-35-44(38(3)4)60-57-62(50)70(61)63-51(66(57)48-30-18-21-33-54(48)69(60)42-26-14-9-15-27-42)36-45(39(5)6)59-56(63)64(49)47-29-17-20-32-53(47)68(59)41-24-12-8-13-25-41/h7-39H,1-6H3. The van der Waals surface area contributed by atoms with Crippen molar-refractivity contribution < 1.29 is 0 Å². The van der Waals surface area contributed by atoms with Gasteiger partial charge in [-0.25, -0.2) is 0 Å². The van der Waals surface area contributed by atoms with Gasteiger partial charge in [0.1, 0.15) is 0 Å². The molecule has 0 radical (unpaired) electrons. The van der Waals surface area contributed by atoms with Gasteiger partial charge in [0.15, 0.2) is 0 Å². The number of fused-ring (bicyclic) bond motifs is 9. The Morgan fingerprint density at radius 2 is 0.529 bits per heavy atom. The molecule has 0 saturated carbocycles. The molecule has 0 fully saturated rings. The van der Waals surface area contributed by atoms with Gasteiger partial charge in [0.25, 0.3) is 20.1 Å². The number of anilines is 12. The Balaban J connectivity index is 1.18. The molecule has 6 aliphatic heterocycles. The highest BCUT2D eigenvalue weighted by atomic mass is 15.2. The summed E-state index contributed by atoms with van der Waals surface area (Å²) in [5.41, 5.74) is 32.4. The van der Waals surface area contributed by atoms with Crippen LogP contribution in [0.1, 0.15) is 76.0 Å². The number of nitrogens with zero attached hydrogens (tertiary/aromatic N) is 4. The Bertz CT molecular complexity index is 3310. The number of hydrogen-bond donors (Lipinski definition) is 0. The average molecular weight is 897 g/mol. The van der Waals surface area contributed by atoms with Gasteiger partial charge in [0.05, 0.1) is 0 Å². The van der Waals surface area contributed by atoms with Gasteiger partial charge in [-0.05, 0) is 138 Å². The SMILES string of the molecule is CC(C)c1cc2c3c4c1N(c1ccccc1)c1ccccc1B4c1cc(C(C)C)c4c5c1N3c1c(cc(C(C)C)c3c1B2c1ccccc1N3c1ccccc1)B5c1ccccc1N4c1ccccc1. The first-order valence-corrected chi connectivity index (χ1v) is 25.6. The quantitative estimate of drug-likeness (QED) is 0.154. The monoisotopic (exact) mass is 896 g/mol. The third-order valence-corrected chi connectivity index (χ3v) is 16.6. The van der Waals surface area contributed by atoms with E-state index in [1.54, 1.807) is 0 Å². The second kappa shape index (κ2) is 14.5. The van der Waals surface area contributed by atoms with E-state index in [2.05, 4.69) is 243 Å². The first-order chi connectivity index (χ1) is 34.3. The van der Waals surface area contributed by atoms with E-state index >= 15 is 0 Å². The smallest absolute Gasteiger partial charge is 0.252 e. The molecule has 9 aromatic carbocycles. The summed E-state index contributed by atoms with van der Waals surface area (Å²) in [4.78, 5) is 10.7. The largest absolute Gasteiger partial charge is 0.313 e. The second-order valence-corrected chi connectivity index (χ2v) is 21.3. The van der Waals surface area contributed by atoms with Gasteiger partial charge in [-0.1, -0.05) is 169 Å². The predicted octanol–water partition coefficient (Wildman–Crippen LogP) is 10.4. The molecule has 0 aliphatic carbocycles. The van der Waals surface area contributed by atoms with Gasteiger partial charge < -0.3 is 19.6 Å². The normalized spacial score (nSPS) is 14.6. The lowest BCUT2D eigenvalue weighted by atomic mass is 9.24. The summed E-state index contributed by atoms with van der Waals surface area (Å²) < 4.78 is 0. The number of hydrogen-bond acceptors (Lipinski definition) is 4. The van der Waals surface area contributed by atoms with Crippen molar-refractivity contribution in [2.75, 3.05) is 19.6 Å². The molecule has 15 rings (SSSR count). The van der Waals surface area contributed by atoms with E-state index < -0.39 is 0 Å². The minimum absolute atomic E-state index is 0.00724. The van der Waals surface area contributed by atoms with Crippen LogP contribution in [0, 0.1) is 0 Å². The number of benzene rings is 9. The van der Waals surface area contributed by atoms with E-state index in [9.17, 15) is 0 Å². The highest BCUT2D eigenvalue weighted by molar-refractivity contribution is 7.08.